The summed E-state index contributed by atoms with van der Waals surface area (Å²) >= 11 is 5.59. The fourth-order valence-corrected chi connectivity index (χ4v) is 2.93. The van der Waals surface area contributed by atoms with Crippen molar-refractivity contribution in [1.29, 1.82) is 0 Å². The SMILES string of the molecule is CC1=C(OCCl)C2(C)CCC1C2. The first-order valence-corrected chi connectivity index (χ1v) is 5.11. The third kappa shape index (κ3) is 0.990. The Kier molecular flexibility index (Phi) is 1.87. The average Bonchev–Trinajstić information content (AvgIpc) is 2.50. The van der Waals surface area contributed by atoms with Gasteiger partial charge in [0.05, 0.1) is 0 Å². The van der Waals surface area contributed by atoms with Crippen molar-refractivity contribution in [3.05, 3.63) is 11.3 Å². The highest BCUT2D eigenvalue weighted by atomic mass is 35.5. The zero-order chi connectivity index (χ0) is 8.77. The first-order valence-electron chi connectivity index (χ1n) is 4.57. The van der Waals surface area contributed by atoms with Crippen LogP contribution in [0.2, 0.25) is 0 Å². The summed E-state index contributed by atoms with van der Waals surface area (Å²) < 4.78 is 5.50. The third-order valence-electron chi connectivity index (χ3n) is 3.46. The van der Waals surface area contributed by atoms with Crippen LogP contribution in [-0.4, -0.2) is 6.07 Å². The Hall–Kier alpha value is -0.170. The molecule has 2 heteroatoms. The molecule has 1 saturated carbocycles. The zero-order valence-electron chi connectivity index (χ0n) is 7.69. The summed E-state index contributed by atoms with van der Waals surface area (Å²) in [4.78, 5) is 0. The van der Waals surface area contributed by atoms with E-state index in [1.54, 1.807) is 0 Å². The standard InChI is InChI=1S/C10H15ClO/c1-7-8-3-4-10(2,5-8)9(7)12-6-11/h8H,3-6H2,1-2H3. The molecule has 0 aromatic rings. The summed E-state index contributed by atoms with van der Waals surface area (Å²) in [6, 6.07) is 0.301. The van der Waals surface area contributed by atoms with Crippen LogP contribution < -0.4 is 0 Å². The second-order valence-corrected chi connectivity index (χ2v) is 4.48. The number of allylic oxidation sites excluding steroid dienone is 2. The minimum Gasteiger partial charge on any atom is -0.482 e. The van der Waals surface area contributed by atoms with Gasteiger partial charge < -0.3 is 4.74 Å². The molecule has 0 N–H and O–H groups in total. The van der Waals surface area contributed by atoms with Crippen molar-refractivity contribution in [2.45, 2.75) is 33.1 Å². The number of halogens is 1. The van der Waals surface area contributed by atoms with Gasteiger partial charge in [-0.05, 0) is 37.7 Å². The van der Waals surface area contributed by atoms with Crippen molar-refractivity contribution < 1.29 is 4.74 Å². The lowest BCUT2D eigenvalue weighted by molar-refractivity contribution is 0.175. The highest BCUT2D eigenvalue weighted by Crippen LogP contribution is 2.57. The van der Waals surface area contributed by atoms with E-state index in [9.17, 15) is 0 Å². The highest BCUT2D eigenvalue weighted by molar-refractivity contribution is 6.17. The fraction of sp³-hybridized carbons (Fsp3) is 0.800. The van der Waals surface area contributed by atoms with Gasteiger partial charge in [-0.3, -0.25) is 0 Å². The Morgan fingerprint density at radius 3 is 2.92 bits per heavy atom. The summed E-state index contributed by atoms with van der Waals surface area (Å²) in [5, 5.41) is 0. The molecule has 68 valence electrons. The van der Waals surface area contributed by atoms with Gasteiger partial charge in [-0.1, -0.05) is 18.5 Å². The fourth-order valence-electron chi connectivity index (χ4n) is 2.82. The molecule has 12 heavy (non-hydrogen) atoms. The molecule has 0 amide bonds. The number of rotatable bonds is 2. The first-order chi connectivity index (χ1) is 5.67. The molecule has 2 bridgehead atoms. The van der Waals surface area contributed by atoms with E-state index in [1.807, 2.05) is 0 Å². The van der Waals surface area contributed by atoms with Gasteiger partial charge in [0.2, 0.25) is 0 Å². The van der Waals surface area contributed by atoms with Gasteiger partial charge in [0.25, 0.3) is 0 Å². The molecule has 2 aliphatic rings. The van der Waals surface area contributed by atoms with Gasteiger partial charge in [-0.15, -0.1) is 0 Å². The number of hydrogen-bond acceptors (Lipinski definition) is 1. The molecule has 2 aliphatic carbocycles. The Morgan fingerprint density at radius 1 is 1.67 bits per heavy atom. The first kappa shape index (κ1) is 8.43. The van der Waals surface area contributed by atoms with Crippen LogP contribution in [0.15, 0.2) is 11.3 Å². The summed E-state index contributed by atoms with van der Waals surface area (Å²) in [6.07, 6.45) is 3.91. The summed E-state index contributed by atoms with van der Waals surface area (Å²) in [5.41, 5.74) is 1.77. The zero-order valence-corrected chi connectivity index (χ0v) is 8.45. The van der Waals surface area contributed by atoms with E-state index in [4.69, 9.17) is 16.3 Å². The van der Waals surface area contributed by atoms with Crippen LogP contribution in [-0.2, 0) is 4.74 Å². The van der Waals surface area contributed by atoms with Crippen LogP contribution in [0, 0.1) is 11.3 Å². The maximum absolute atomic E-state index is 5.59. The predicted molar refractivity (Wildman–Crippen MR) is 50.0 cm³/mol. The van der Waals surface area contributed by atoms with Crippen LogP contribution >= 0.6 is 11.6 Å². The monoisotopic (exact) mass is 186 g/mol. The summed E-state index contributed by atoms with van der Waals surface area (Å²) in [6.45, 7) is 4.49. The number of alkyl halides is 1. The van der Waals surface area contributed by atoms with Crippen molar-refractivity contribution in [2.24, 2.45) is 11.3 Å². The number of hydrogen-bond donors (Lipinski definition) is 0. The van der Waals surface area contributed by atoms with E-state index >= 15 is 0 Å². The van der Waals surface area contributed by atoms with E-state index in [0.29, 0.717) is 11.5 Å². The van der Waals surface area contributed by atoms with E-state index in [-0.39, 0.29) is 0 Å². The molecule has 0 radical (unpaired) electrons. The maximum Gasteiger partial charge on any atom is 0.161 e. The van der Waals surface area contributed by atoms with Crippen LogP contribution in [0.1, 0.15) is 33.1 Å². The van der Waals surface area contributed by atoms with Crippen LogP contribution in [0.3, 0.4) is 0 Å². The van der Waals surface area contributed by atoms with Crippen molar-refractivity contribution in [2.75, 3.05) is 6.07 Å². The van der Waals surface area contributed by atoms with E-state index in [0.717, 1.165) is 5.92 Å². The lowest BCUT2D eigenvalue weighted by atomic mass is 9.87. The molecule has 0 aromatic carbocycles. The third-order valence-corrected chi connectivity index (χ3v) is 3.57. The van der Waals surface area contributed by atoms with Gasteiger partial charge in [0, 0.05) is 5.41 Å². The van der Waals surface area contributed by atoms with Crippen LogP contribution in [0.5, 0.6) is 0 Å². The Bertz CT molecular complexity index is 234. The molecular weight excluding hydrogens is 172 g/mol. The molecule has 0 aromatic heterocycles. The molecule has 1 fully saturated rings. The van der Waals surface area contributed by atoms with Crippen molar-refractivity contribution >= 4 is 11.6 Å². The minimum atomic E-state index is 0.301. The average molecular weight is 187 g/mol. The van der Waals surface area contributed by atoms with Gasteiger partial charge in [-0.2, -0.15) is 0 Å². The van der Waals surface area contributed by atoms with Crippen molar-refractivity contribution in [1.82, 2.24) is 0 Å². The van der Waals surface area contributed by atoms with Crippen molar-refractivity contribution in [3.8, 4) is 0 Å². The van der Waals surface area contributed by atoms with Crippen molar-refractivity contribution in [3.63, 3.8) is 0 Å². The van der Waals surface area contributed by atoms with Gasteiger partial charge >= 0.3 is 0 Å². The highest BCUT2D eigenvalue weighted by Gasteiger charge is 2.47. The second kappa shape index (κ2) is 2.66. The molecule has 2 rings (SSSR count). The summed E-state index contributed by atoms with van der Waals surface area (Å²) in [5.74, 6) is 1.97. The van der Waals surface area contributed by atoms with Crippen LogP contribution in [0.4, 0.5) is 0 Å². The topological polar surface area (TPSA) is 9.23 Å². The molecule has 0 aliphatic heterocycles. The lowest BCUT2D eigenvalue weighted by Crippen LogP contribution is -2.15. The molecule has 0 heterocycles. The normalized spacial score (nSPS) is 39.4. The van der Waals surface area contributed by atoms with E-state index in [2.05, 4.69) is 13.8 Å². The number of fused-ring (bicyclic) bond motifs is 2. The molecule has 2 atom stereocenters. The number of ether oxygens (including phenoxy) is 1. The molecule has 0 saturated heterocycles. The smallest absolute Gasteiger partial charge is 0.161 e. The lowest BCUT2D eigenvalue weighted by Gasteiger charge is -2.25. The molecule has 0 spiro atoms. The van der Waals surface area contributed by atoms with Gasteiger partial charge in [-0.25, -0.2) is 0 Å². The van der Waals surface area contributed by atoms with Gasteiger partial charge in [0.1, 0.15) is 5.76 Å². The summed E-state index contributed by atoms with van der Waals surface area (Å²) in [7, 11) is 0. The van der Waals surface area contributed by atoms with E-state index in [1.165, 1.54) is 30.6 Å². The minimum absolute atomic E-state index is 0.301. The van der Waals surface area contributed by atoms with Crippen LogP contribution in [0.25, 0.3) is 0 Å². The van der Waals surface area contributed by atoms with Gasteiger partial charge in [0.15, 0.2) is 6.07 Å². The Labute approximate surface area is 78.7 Å². The second-order valence-electron chi connectivity index (χ2n) is 4.27. The Morgan fingerprint density at radius 2 is 2.42 bits per heavy atom. The molecular formula is C10H15ClO. The molecule has 1 nitrogen and oxygen atoms in total. The van der Waals surface area contributed by atoms with E-state index < -0.39 is 0 Å². The maximum atomic E-state index is 5.59. The molecule has 2 unspecified atom stereocenters. The largest absolute Gasteiger partial charge is 0.482 e. The quantitative estimate of drug-likeness (QED) is 0.602. The predicted octanol–water partition coefficient (Wildman–Crippen LogP) is 3.29. The Balaban J connectivity index is 2.28.